The highest BCUT2D eigenvalue weighted by molar-refractivity contribution is 6.04. The van der Waals surface area contributed by atoms with Crippen LogP contribution < -0.4 is 21.3 Å². The lowest BCUT2D eigenvalue weighted by Gasteiger charge is -2.69. The van der Waals surface area contributed by atoms with Gasteiger partial charge in [-0.15, -0.1) is 0 Å². The van der Waals surface area contributed by atoms with E-state index in [4.69, 9.17) is 9.47 Å². The van der Waals surface area contributed by atoms with Gasteiger partial charge in [-0.3, -0.25) is 24.5 Å². The van der Waals surface area contributed by atoms with Crippen LogP contribution in [-0.2, 0) is 16.0 Å². The summed E-state index contributed by atoms with van der Waals surface area (Å²) in [6, 6.07) is 18.5. The van der Waals surface area contributed by atoms with Gasteiger partial charge in [0, 0.05) is 61.6 Å². The Hall–Kier alpha value is -4.03. The number of aryl methyl sites for hydroxylation is 1. The standard InChI is InChI=1S/C40H51N7O4/c1-27(2)51-37(49)50-26-47(4)16-14-46(15-17-47)20-29-8-10-30(11-9-29)35(48)43-32-12-7-28(3)33(18-32)44-36-40-23-38(25-42-40)21-39(22-38,24-40)34(45-36)31-6-5-13-41-19-31/h5-13,18-19,27,34,36,42,44-45H,14-17,20-26H2,1-4H3/p+1. The molecule has 3 saturated carbocycles. The second-order valence-corrected chi connectivity index (χ2v) is 16.8. The van der Waals surface area contributed by atoms with Crippen molar-refractivity contribution in [2.45, 2.75) is 76.8 Å². The SMILES string of the molecule is Cc1ccc(NC(=O)c2ccc(CN3CC[N+](C)(COC(=O)OC(C)C)CC3)cc2)cc1NC1NC(c2cccnc2)C23CC4(CNC1(C4)C2)C3. The Balaban J connectivity index is 0.881. The number of nitrogens with one attached hydrogen (secondary N) is 4. The van der Waals surface area contributed by atoms with Gasteiger partial charge >= 0.3 is 6.16 Å². The Kier molecular flexibility index (Phi) is 8.60. The molecule has 6 aliphatic rings. The zero-order valence-electron chi connectivity index (χ0n) is 30.3. The molecule has 11 heteroatoms. The van der Waals surface area contributed by atoms with Crippen LogP contribution in [0.25, 0.3) is 0 Å². The van der Waals surface area contributed by atoms with Crippen LogP contribution in [0.5, 0.6) is 0 Å². The van der Waals surface area contributed by atoms with E-state index in [-0.39, 0.29) is 35.2 Å². The average Bonchev–Trinajstić information content (AvgIpc) is 3.36. The van der Waals surface area contributed by atoms with Gasteiger partial charge in [-0.25, -0.2) is 4.79 Å². The molecule has 11 nitrogen and oxygen atoms in total. The molecule has 3 aliphatic heterocycles. The van der Waals surface area contributed by atoms with Gasteiger partial charge in [-0.1, -0.05) is 24.3 Å². The zero-order chi connectivity index (χ0) is 35.4. The Morgan fingerprint density at radius 3 is 2.57 bits per heavy atom. The Morgan fingerprint density at radius 1 is 1.06 bits per heavy atom. The number of piperidine rings is 1. The topological polar surface area (TPSA) is 117 Å². The maximum absolute atomic E-state index is 13.4. The Bertz CT molecular complexity index is 1770. The molecule has 3 atom stereocenters. The summed E-state index contributed by atoms with van der Waals surface area (Å²) in [7, 11) is 2.11. The second-order valence-electron chi connectivity index (χ2n) is 16.8. The zero-order valence-corrected chi connectivity index (χ0v) is 30.3. The van der Waals surface area contributed by atoms with Crippen LogP contribution in [-0.4, -0.2) is 90.7 Å². The van der Waals surface area contributed by atoms with Crippen LogP contribution in [0.4, 0.5) is 16.2 Å². The molecule has 9 rings (SSSR count). The minimum atomic E-state index is -0.607. The van der Waals surface area contributed by atoms with E-state index in [1.54, 1.807) is 0 Å². The molecule has 3 unspecified atom stereocenters. The molecule has 4 N–H and O–H groups in total. The summed E-state index contributed by atoms with van der Waals surface area (Å²) in [5.41, 5.74) is 6.68. The number of carbonyl (C=O) groups is 2. The van der Waals surface area contributed by atoms with Gasteiger partial charge in [0.05, 0.1) is 37.9 Å². The minimum Gasteiger partial charge on any atom is -0.431 e. The molecule has 6 fully saturated rings. The molecule has 1 amide bonds. The van der Waals surface area contributed by atoms with E-state index in [2.05, 4.69) is 63.3 Å². The number of pyridine rings is 1. The summed E-state index contributed by atoms with van der Waals surface area (Å²) in [6.07, 6.45) is 8.04. The number of piperazine rings is 1. The molecule has 0 radical (unpaired) electrons. The highest BCUT2D eigenvalue weighted by Crippen LogP contribution is 2.74. The number of carbonyl (C=O) groups excluding carboxylic acids is 2. The molecule has 1 aromatic heterocycles. The first kappa shape index (κ1) is 34.1. The first-order valence-corrected chi connectivity index (χ1v) is 18.5. The number of hydrogen-bond donors (Lipinski definition) is 4. The fraction of sp³-hybridized carbons (Fsp3) is 0.525. The number of ether oxygens (including phenoxy) is 2. The van der Waals surface area contributed by atoms with Crippen molar-refractivity contribution in [1.82, 2.24) is 20.5 Å². The van der Waals surface area contributed by atoms with Crippen molar-refractivity contribution in [1.29, 1.82) is 0 Å². The quantitative estimate of drug-likeness (QED) is 0.163. The lowest BCUT2D eigenvalue weighted by molar-refractivity contribution is -0.929. The average molecular weight is 695 g/mol. The largest absolute Gasteiger partial charge is 0.512 e. The molecule has 51 heavy (non-hydrogen) atoms. The third kappa shape index (κ3) is 6.61. The maximum atomic E-state index is 13.4. The van der Waals surface area contributed by atoms with E-state index in [1.807, 2.05) is 62.6 Å². The number of quaternary nitrogens is 1. The van der Waals surface area contributed by atoms with Crippen LogP contribution in [0, 0.1) is 17.8 Å². The molecule has 270 valence electrons. The number of nitrogens with zero attached hydrogens (tertiary/aromatic N) is 3. The van der Waals surface area contributed by atoms with E-state index < -0.39 is 6.16 Å². The summed E-state index contributed by atoms with van der Waals surface area (Å²) >= 11 is 0. The van der Waals surface area contributed by atoms with E-state index in [0.717, 1.165) is 68.2 Å². The van der Waals surface area contributed by atoms with Crippen LogP contribution >= 0.6 is 0 Å². The summed E-state index contributed by atoms with van der Waals surface area (Å²) in [4.78, 5) is 32.1. The van der Waals surface area contributed by atoms with E-state index in [1.165, 1.54) is 24.8 Å². The fourth-order valence-electron chi connectivity index (χ4n) is 9.96. The van der Waals surface area contributed by atoms with Gasteiger partial charge in [0.25, 0.3) is 5.91 Å². The van der Waals surface area contributed by atoms with Crippen molar-refractivity contribution in [2.24, 2.45) is 10.8 Å². The van der Waals surface area contributed by atoms with E-state index >= 15 is 0 Å². The van der Waals surface area contributed by atoms with Crippen LogP contribution in [0.15, 0.2) is 67.0 Å². The lowest BCUT2D eigenvalue weighted by Crippen LogP contribution is -2.73. The van der Waals surface area contributed by atoms with Crippen LogP contribution in [0.1, 0.15) is 72.6 Å². The van der Waals surface area contributed by atoms with Crippen molar-refractivity contribution in [3.05, 3.63) is 89.2 Å². The summed E-state index contributed by atoms with van der Waals surface area (Å²) in [6.45, 7) is 11.5. The van der Waals surface area contributed by atoms with Gasteiger partial charge in [-0.05, 0) is 104 Å². The first-order valence-electron chi connectivity index (χ1n) is 18.5. The van der Waals surface area contributed by atoms with Crippen molar-refractivity contribution in [3.63, 3.8) is 0 Å². The molecule has 3 aromatic rings. The monoisotopic (exact) mass is 694 g/mol. The number of aromatic nitrogens is 1. The van der Waals surface area contributed by atoms with Gasteiger partial charge in [-0.2, -0.15) is 0 Å². The fourth-order valence-corrected chi connectivity index (χ4v) is 9.96. The highest BCUT2D eigenvalue weighted by Gasteiger charge is 2.74. The molecule has 2 aromatic carbocycles. The molecule has 3 aliphatic carbocycles. The predicted octanol–water partition coefficient (Wildman–Crippen LogP) is 5.41. The number of likely N-dealkylation sites (N-methyl/N-ethyl adjacent to an activating group) is 1. The van der Waals surface area contributed by atoms with Crippen molar-refractivity contribution in [3.8, 4) is 0 Å². The molecule has 3 bridgehead atoms. The van der Waals surface area contributed by atoms with Crippen LogP contribution in [0.3, 0.4) is 0 Å². The molecular formula is C40H52N7O4+. The molecular weight excluding hydrogens is 642 g/mol. The molecule has 3 spiro atoms. The van der Waals surface area contributed by atoms with Crippen molar-refractivity contribution < 1.29 is 23.5 Å². The Morgan fingerprint density at radius 2 is 1.84 bits per heavy atom. The third-order valence-electron chi connectivity index (χ3n) is 12.3. The minimum absolute atomic E-state index is 0.00703. The number of benzene rings is 2. The maximum Gasteiger partial charge on any atom is 0.512 e. The molecule has 4 heterocycles. The third-order valence-corrected chi connectivity index (χ3v) is 12.3. The predicted molar refractivity (Wildman–Crippen MR) is 196 cm³/mol. The lowest BCUT2D eigenvalue weighted by atomic mass is 9.39. The smallest absolute Gasteiger partial charge is 0.431 e. The van der Waals surface area contributed by atoms with E-state index in [0.29, 0.717) is 22.2 Å². The first-order chi connectivity index (χ1) is 24.5. The highest BCUT2D eigenvalue weighted by atomic mass is 16.7. The summed E-state index contributed by atoms with van der Waals surface area (Å²) in [5.74, 6) is -0.127. The molecule has 3 saturated heterocycles. The normalized spacial score (nSPS) is 30.3. The number of anilines is 2. The number of amides is 1. The summed E-state index contributed by atoms with van der Waals surface area (Å²) < 4.78 is 11.1. The van der Waals surface area contributed by atoms with Crippen LogP contribution in [0.2, 0.25) is 0 Å². The van der Waals surface area contributed by atoms with Gasteiger partial charge in [0.1, 0.15) is 0 Å². The van der Waals surface area contributed by atoms with E-state index in [9.17, 15) is 9.59 Å². The van der Waals surface area contributed by atoms with Gasteiger partial charge < -0.3 is 25.4 Å². The Labute approximate surface area is 301 Å². The van der Waals surface area contributed by atoms with Gasteiger partial charge in [0.15, 0.2) is 0 Å². The number of rotatable bonds is 10. The number of hydrogen-bond acceptors (Lipinski definition) is 9. The van der Waals surface area contributed by atoms with Crippen molar-refractivity contribution >= 4 is 23.4 Å². The van der Waals surface area contributed by atoms with Crippen molar-refractivity contribution in [2.75, 3.05) is 57.1 Å². The second kappa shape index (κ2) is 12.9. The summed E-state index contributed by atoms with van der Waals surface area (Å²) in [5, 5.41) is 15.1. The van der Waals surface area contributed by atoms with Gasteiger partial charge in [0.2, 0.25) is 6.73 Å².